The molecular weight excluding hydrogens is 332 g/mol. The molecule has 1 aliphatic heterocycles. The summed E-state index contributed by atoms with van der Waals surface area (Å²) in [6, 6.07) is 0. The molecule has 0 atom stereocenters. The van der Waals surface area contributed by atoms with Crippen LogP contribution in [0.25, 0.3) is 0 Å². The zero-order valence-corrected chi connectivity index (χ0v) is 13.7. The Morgan fingerprint density at radius 2 is 2.33 bits per heavy atom. The average molecular weight is 353 g/mol. The van der Waals surface area contributed by atoms with Crippen LogP contribution in [0.1, 0.15) is 25.7 Å². The van der Waals surface area contributed by atoms with E-state index in [9.17, 15) is 4.79 Å². The molecule has 0 spiro atoms. The number of hydrogen-bond donors (Lipinski definition) is 2. The zero-order chi connectivity index (χ0) is 14.7. The van der Waals surface area contributed by atoms with Gasteiger partial charge >= 0.3 is 0 Å². The van der Waals surface area contributed by atoms with Crippen molar-refractivity contribution in [2.75, 3.05) is 25.0 Å². The van der Waals surface area contributed by atoms with E-state index in [4.69, 9.17) is 0 Å². The minimum Gasteiger partial charge on any atom is -0.382 e. The van der Waals surface area contributed by atoms with E-state index in [0.29, 0.717) is 10.4 Å². The summed E-state index contributed by atoms with van der Waals surface area (Å²) in [5.74, 6) is 0.646. The van der Waals surface area contributed by atoms with Crippen LogP contribution in [-0.4, -0.2) is 29.4 Å². The first-order chi connectivity index (χ1) is 10.2. The number of anilines is 1. The summed E-state index contributed by atoms with van der Waals surface area (Å²) in [5.41, 5.74) is 2.24. The number of halogens is 1. The summed E-state index contributed by atoms with van der Waals surface area (Å²) in [5, 5.41) is 10.9. The quantitative estimate of drug-likeness (QED) is 0.770. The van der Waals surface area contributed by atoms with E-state index in [2.05, 4.69) is 37.7 Å². The van der Waals surface area contributed by atoms with E-state index in [0.717, 1.165) is 44.7 Å². The third kappa shape index (κ3) is 3.95. The van der Waals surface area contributed by atoms with Crippen molar-refractivity contribution in [2.24, 2.45) is 5.92 Å². The third-order valence-electron chi connectivity index (χ3n) is 4.03. The number of nitrogens with one attached hydrogen (secondary N) is 2. The zero-order valence-electron chi connectivity index (χ0n) is 12.1. The highest BCUT2D eigenvalue weighted by molar-refractivity contribution is 9.10. The summed E-state index contributed by atoms with van der Waals surface area (Å²) in [6.45, 7) is 3.61. The fraction of sp³-hybridized carbons (Fsp3) is 0.600. The van der Waals surface area contributed by atoms with Crippen molar-refractivity contribution < 1.29 is 0 Å². The molecule has 0 amide bonds. The second-order valence-corrected chi connectivity index (χ2v) is 6.59. The topological polar surface area (TPSA) is 59.0 Å². The molecule has 5 nitrogen and oxygen atoms in total. The summed E-state index contributed by atoms with van der Waals surface area (Å²) in [4.78, 5) is 12.2. The fourth-order valence-electron chi connectivity index (χ4n) is 2.52. The number of nitrogens with zero attached hydrogens (tertiary/aromatic N) is 2. The Hall–Kier alpha value is -1.14. The molecule has 21 heavy (non-hydrogen) atoms. The van der Waals surface area contributed by atoms with Crippen LogP contribution in [0.5, 0.6) is 0 Å². The van der Waals surface area contributed by atoms with Gasteiger partial charge in [-0.05, 0) is 54.1 Å². The van der Waals surface area contributed by atoms with Gasteiger partial charge in [-0.2, -0.15) is 5.10 Å². The molecule has 1 saturated carbocycles. The second kappa shape index (κ2) is 6.75. The Bertz CT molecular complexity index is 592. The van der Waals surface area contributed by atoms with E-state index in [1.165, 1.54) is 18.4 Å². The van der Waals surface area contributed by atoms with Crippen LogP contribution in [0.2, 0.25) is 0 Å². The first kappa shape index (κ1) is 14.8. The number of aromatic nitrogens is 2. The molecule has 2 N–H and O–H groups in total. The van der Waals surface area contributed by atoms with Crippen LogP contribution in [0, 0.1) is 5.92 Å². The lowest BCUT2D eigenvalue weighted by atomic mass is 10.1. The van der Waals surface area contributed by atoms with Crippen molar-refractivity contribution in [3.05, 3.63) is 32.7 Å². The Kier molecular flexibility index (Phi) is 4.75. The summed E-state index contributed by atoms with van der Waals surface area (Å²) in [7, 11) is 0. The minimum absolute atomic E-state index is 0.0343. The van der Waals surface area contributed by atoms with Gasteiger partial charge in [-0.3, -0.25) is 4.79 Å². The van der Waals surface area contributed by atoms with E-state index in [1.807, 2.05) is 0 Å². The van der Waals surface area contributed by atoms with Gasteiger partial charge in [-0.25, -0.2) is 4.68 Å². The maximum Gasteiger partial charge on any atom is 0.283 e. The summed E-state index contributed by atoms with van der Waals surface area (Å²) in [6.07, 6.45) is 8.57. The molecule has 0 radical (unpaired) electrons. The van der Waals surface area contributed by atoms with Crippen LogP contribution in [0.4, 0.5) is 5.69 Å². The van der Waals surface area contributed by atoms with Gasteiger partial charge in [0.05, 0.1) is 11.9 Å². The minimum atomic E-state index is -0.0343. The molecule has 1 aliphatic carbocycles. The summed E-state index contributed by atoms with van der Waals surface area (Å²) < 4.78 is 2.17. The molecule has 0 bridgehead atoms. The molecule has 0 aromatic carbocycles. The Balaban J connectivity index is 1.58. The molecule has 0 saturated heterocycles. The van der Waals surface area contributed by atoms with Crippen LogP contribution >= 0.6 is 15.9 Å². The molecule has 114 valence electrons. The molecule has 6 heteroatoms. The van der Waals surface area contributed by atoms with Crippen LogP contribution in [0.3, 0.4) is 0 Å². The molecule has 1 fully saturated rings. The number of rotatable bonds is 6. The van der Waals surface area contributed by atoms with Gasteiger partial charge in [0.2, 0.25) is 0 Å². The Morgan fingerprint density at radius 1 is 1.48 bits per heavy atom. The Morgan fingerprint density at radius 3 is 3.05 bits per heavy atom. The number of hydrogen-bond acceptors (Lipinski definition) is 4. The highest BCUT2D eigenvalue weighted by Crippen LogP contribution is 2.30. The second-order valence-electron chi connectivity index (χ2n) is 5.80. The van der Waals surface area contributed by atoms with Crippen molar-refractivity contribution in [3.8, 4) is 0 Å². The lowest BCUT2D eigenvalue weighted by molar-refractivity contribution is 0.532. The van der Waals surface area contributed by atoms with Crippen LogP contribution < -0.4 is 16.2 Å². The van der Waals surface area contributed by atoms with Crippen molar-refractivity contribution in [1.29, 1.82) is 0 Å². The van der Waals surface area contributed by atoms with Crippen LogP contribution in [0.15, 0.2) is 27.1 Å². The van der Waals surface area contributed by atoms with Gasteiger partial charge in [0.15, 0.2) is 0 Å². The molecule has 1 aromatic rings. The van der Waals surface area contributed by atoms with Gasteiger partial charge < -0.3 is 10.6 Å². The van der Waals surface area contributed by atoms with Gasteiger partial charge in [0.1, 0.15) is 4.47 Å². The largest absolute Gasteiger partial charge is 0.382 e. The maximum atomic E-state index is 12.2. The van der Waals surface area contributed by atoms with Gasteiger partial charge in [0, 0.05) is 19.6 Å². The molecule has 2 heterocycles. The average Bonchev–Trinajstić information content (AvgIpc) is 3.31. The maximum absolute atomic E-state index is 12.2. The van der Waals surface area contributed by atoms with Gasteiger partial charge in [-0.15, -0.1) is 0 Å². The monoisotopic (exact) mass is 352 g/mol. The highest BCUT2D eigenvalue weighted by Gasteiger charge is 2.23. The summed E-state index contributed by atoms with van der Waals surface area (Å²) >= 11 is 3.41. The van der Waals surface area contributed by atoms with Gasteiger partial charge in [0.25, 0.3) is 5.56 Å². The van der Waals surface area contributed by atoms with E-state index < -0.39 is 0 Å². The molecule has 3 rings (SSSR count). The van der Waals surface area contributed by atoms with Crippen LogP contribution in [-0.2, 0) is 6.54 Å². The van der Waals surface area contributed by atoms with Gasteiger partial charge in [-0.1, -0.05) is 11.6 Å². The van der Waals surface area contributed by atoms with E-state index in [-0.39, 0.29) is 5.56 Å². The normalized spacial score (nSPS) is 18.4. The SMILES string of the molecule is O=c1c(Br)c(NCCC2=CCNCC2)cnn1CC1CC1. The molecular formula is C15H21BrN4O. The third-order valence-corrected chi connectivity index (χ3v) is 4.80. The van der Waals surface area contributed by atoms with E-state index >= 15 is 0 Å². The smallest absolute Gasteiger partial charge is 0.283 e. The first-order valence-electron chi connectivity index (χ1n) is 7.62. The molecule has 2 aliphatic rings. The lowest BCUT2D eigenvalue weighted by Gasteiger charge is -2.15. The van der Waals surface area contributed by atoms with Crippen molar-refractivity contribution in [3.63, 3.8) is 0 Å². The predicted molar refractivity (Wildman–Crippen MR) is 87.6 cm³/mol. The van der Waals surface area contributed by atoms with Crippen molar-refractivity contribution in [2.45, 2.75) is 32.2 Å². The standard InChI is InChI=1S/C15H21BrN4O/c16-14-13(18-8-5-11-3-6-17-7-4-11)9-19-20(15(14)21)10-12-1-2-12/h3,9,12,17-18H,1-2,4-8,10H2. The first-order valence-corrected chi connectivity index (χ1v) is 8.41. The predicted octanol–water partition coefficient (Wildman–Crippen LogP) is 2.14. The fourth-order valence-corrected chi connectivity index (χ4v) is 2.96. The lowest BCUT2D eigenvalue weighted by Crippen LogP contribution is -2.25. The Labute approximate surface area is 132 Å². The highest BCUT2D eigenvalue weighted by atomic mass is 79.9. The van der Waals surface area contributed by atoms with Crippen molar-refractivity contribution >= 4 is 21.6 Å². The molecule has 1 aromatic heterocycles. The molecule has 0 unspecified atom stereocenters. The van der Waals surface area contributed by atoms with Crippen molar-refractivity contribution in [1.82, 2.24) is 15.1 Å². The van der Waals surface area contributed by atoms with E-state index in [1.54, 1.807) is 10.9 Å².